The van der Waals surface area contributed by atoms with E-state index >= 15 is 0 Å². The second-order valence-electron chi connectivity index (χ2n) is 8.27. The first-order valence-electron chi connectivity index (χ1n) is 10.4. The van der Waals surface area contributed by atoms with Gasteiger partial charge in [-0.1, -0.05) is 42.0 Å². The van der Waals surface area contributed by atoms with Gasteiger partial charge in [-0.3, -0.25) is 9.59 Å². The van der Waals surface area contributed by atoms with E-state index < -0.39 is 21.5 Å². The van der Waals surface area contributed by atoms with Crippen molar-refractivity contribution in [2.75, 3.05) is 11.9 Å². The number of nitrogens with one attached hydrogen (secondary N) is 1. The first-order chi connectivity index (χ1) is 15.3. The molecule has 1 N–H and O–H groups in total. The summed E-state index contributed by atoms with van der Waals surface area (Å²) in [5.74, 6) is -0.406. The number of Topliss-reactive ketones (excluding diaryl/α,β-unsaturated/α-hetero) is 1. The monoisotopic (exact) mass is 466 g/mol. The van der Waals surface area contributed by atoms with Gasteiger partial charge < -0.3 is 5.32 Å². The van der Waals surface area contributed by atoms with Crippen LogP contribution in [0.4, 0.5) is 5.69 Å². The Balaban J connectivity index is 1.62. The van der Waals surface area contributed by atoms with Crippen LogP contribution in [0.2, 0.25) is 0 Å². The van der Waals surface area contributed by atoms with Gasteiger partial charge in [-0.2, -0.15) is 4.31 Å². The molecule has 1 aromatic heterocycles. The predicted octanol–water partition coefficient (Wildman–Crippen LogP) is 3.98. The molecular weight excluding hydrogens is 444 g/mol. The van der Waals surface area contributed by atoms with E-state index in [1.807, 2.05) is 36.6 Å². The molecule has 1 saturated heterocycles. The van der Waals surface area contributed by atoms with Gasteiger partial charge in [0, 0.05) is 18.7 Å². The number of fused-ring (bicyclic) bond motifs is 2. The maximum Gasteiger partial charge on any atom is 0.243 e. The average Bonchev–Trinajstić information content (AvgIpc) is 3.49. The van der Waals surface area contributed by atoms with Crippen molar-refractivity contribution in [3.63, 3.8) is 0 Å². The lowest BCUT2D eigenvalue weighted by molar-refractivity contribution is -0.121. The van der Waals surface area contributed by atoms with E-state index in [9.17, 15) is 18.0 Å². The maximum absolute atomic E-state index is 13.7. The maximum atomic E-state index is 13.7. The lowest BCUT2D eigenvalue weighted by Gasteiger charge is -2.33. The fraction of sp³-hybridized carbons (Fsp3) is 0.250. The van der Waals surface area contributed by atoms with E-state index in [0.29, 0.717) is 17.0 Å². The molecule has 3 aromatic rings. The van der Waals surface area contributed by atoms with E-state index in [2.05, 4.69) is 5.32 Å². The zero-order valence-electron chi connectivity index (χ0n) is 17.4. The molecule has 0 bridgehead atoms. The highest BCUT2D eigenvalue weighted by Crippen LogP contribution is 2.50. The molecule has 0 unspecified atom stereocenters. The summed E-state index contributed by atoms with van der Waals surface area (Å²) in [5, 5.41) is 4.73. The van der Waals surface area contributed by atoms with E-state index in [-0.39, 0.29) is 29.6 Å². The van der Waals surface area contributed by atoms with E-state index in [1.54, 1.807) is 36.4 Å². The summed E-state index contributed by atoms with van der Waals surface area (Å²) in [6, 6.07) is 16.7. The minimum Gasteiger partial charge on any atom is -0.325 e. The Morgan fingerprint density at radius 2 is 1.88 bits per heavy atom. The molecule has 2 aliphatic rings. The van der Waals surface area contributed by atoms with Crippen LogP contribution in [0.25, 0.3) is 0 Å². The largest absolute Gasteiger partial charge is 0.325 e. The molecule has 0 aliphatic carbocycles. The van der Waals surface area contributed by atoms with Gasteiger partial charge in [-0.15, -0.1) is 11.3 Å². The molecule has 2 aliphatic heterocycles. The fourth-order valence-corrected chi connectivity index (χ4v) is 7.24. The first-order valence-corrected chi connectivity index (χ1v) is 12.7. The highest BCUT2D eigenvalue weighted by molar-refractivity contribution is 7.89. The molecule has 3 heterocycles. The topological polar surface area (TPSA) is 83.6 Å². The van der Waals surface area contributed by atoms with Crippen molar-refractivity contribution in [1.82, 2.24) is 4.31 Å². The highest BCUT2D eigenvalue weighted by Gasteiger charge is 2.60. The average molecular weight is 467 g/mol. The van der Waals surface area contributed by atoms with Gasteiger partial charge in [0.25, 0.3) is 0 Å². The lowest BCUT2D eigenvalue weighted by Crippen LogP contribution is -2.49. The number of hydrogen-bond donors (Lipinski definition) is 1. The van der Waals surface area contributed by atoms with Crippen LogP contribution in [-0.4, -0.2) is 37.0 Å². The second kappa shape index (κ2) is 7.65. The zero-order valence-corrected chi connectivity index (χ0v) is 19.1. The molecule has 2 aromatic carbocycles. The summed E-state index contributed by atoms with van der Waals surface area (Å²) in [6.45, 7) is 2.06. The van der Waals surface area contributed by atoms with Crippen LogP contribution >= 0.6 is 11.3 Å². The molecule has 8 heteroatoms. The number of para-hydroxylation sites is 1. The SMILES string of the molecule is Cc1ccc(S(=O)(=O)N2CC[C@@]3(C(=O)Nc4ccccc43)[C@H]2CC(=O)c2cccs2)cc1. The van der Waals surface area contributed by atoms with Crippen LogP contribution in [0.1, 0.15) is 33.6 Å². The number of nitrogens with zero attached hydrogens (tertiary/aromatic N) is 1. The summed E-state index contributed by atoms with van der Waals surface area (Å²) in [6.07, 6.45) is 0.261. The van der Waals surface area contributed by atoms with Crippen molar-refractivity contribution in [2.45, 2.75) is 36.1 Å². The summed E-state index contributed by atoms with van der Waals surface area (Å²) in [5.41, 5.74) is 1.30. The van der Waals surface area contributed by atoms with Crippen LogP contribution in [-0.2, 0) is 20.2 Å². The van der Waals surface area contributed by atoms with Crippen LogP contribution in [0.3, 0.4) is 0 Å². The Kier molecular flexibility index (Phi) is 5.03. The Labute approximate surface area is 190 Å². The Hall–Kier alpha value is -2.81. The Morgan fingerprint density at radius 1 is 1.12 bits per heavy atom. The molecular formula is C24H22N2O4S2. The zero-order chi connectivity index (χ0) is 22.5. The Bertz CT molecular complexity index is 1300. The number of rotatable bonds is 5. The number of aryl methyl sites for hydroxylation is 1. The highest BCUT2D eigenvalue weighted by atomic mass is 32.2. The first kappa shape index (κ1) is 21.1. The number of amides is 1. The van der Waals surface area contributed by atoms with Gasteiger partial charge in [0.05, 0.1) is 21.2 Å². The van der Waals surface area contributed by atoms with Crippen molar-refractivity contribution >= 4 is 38.7 Å². The molecule has 1 fully saturated rings. The van der Waals surface area contributed by atoms with Gasteiger partial charge in [-0.05, 0) is 48.6 Å². The van der Waals surface area contributed by atoms with E-state index in [4.69, 9.17) is 0 Å². The molecule has 0 radical (unpaired) electrons. The van der Waals surface area contributed by atoms with Gasteiger partial charge in [0.2, 0.25) is 15.9 Å². The van der Waals surface area contributed by atoms with Crippen LogP contribution in [0, 0.1) is 6.92 Å². The number of sulfonamides is 1. The quantitative estimate of drug-likeness (QED) is 0.577. The van der Waals surface area contributed by atoms with Crippen molar-refractivity contribution < 1.29 is 18.0 Å². The molecule has 0 saturated carbocycles. The Morgan fingerprint density at radius 3 is 2.59 bits per heavy atom. The van der Waals surface area contributed by atoms with Crippen LogP contribution < -0.4 is 5.32 Å². The van der Waals surface area contributed by atoms with Crippen molar-refractivity contribution in [2.24, 2.45) is 0 Å². The number of thiophene rings is 1. The molecule has 32 heavy (non-hydrogen) atoms. The van der Waals surface area contributed by atoms with Crippen LogP contribution in [0.15, 0.2) is 70.9 Å². The second-order valence-corrected chi connectivity index (χ2v) is 11.1. The number of carbonyl (C=O) groups excluding carboxylic acids is 2. The molecule has 5 rings (SSSR count). The summed E-state index contributed by atoms with van der Waals surface area (Å²) in [4.78, 5) is 27.2. The van der Waals surface area contributed by atoms with Gasteiger partial charge in [-0.25, -0.2) is 8.42 Å². The summed E-state index contributed by atoms with van der Waals surface area (Å²) < 4.78 is 28.7. The summed E-state index contributed by atoms with van der Waals surface area (Å²) >= 11 is 1.32. The van der Waals surface area contributed by atoms with Gasteiger partial charge in [0.15, 0.2) is 5.78 Å². The van der Waals surface area contributed by atoms with Crippen molar-refractivity contribution in [3.8, 4) is 0 Å². The third-order valence-corrected chi connectivity index (χ3v) is 9.34. The molecule has 1 amide bonds. The van der Waals surface area contributed by atoms with E-state index in [1.165, 1.54) is 15.6 Å². The van der Waals surface area contributed by atoms with Crippen molar-refractivity contribution in [3.05, 3.63) is 82.0 Å². The van der Waals surface area contributed by atoms with E-state index in [0.717, 1.165) is 11.1 Å². The van der Waals surface area contributed by atoms with Gasteiger partial charge >= 0.3 is 0 Å². The lowest BCUT2D eigenvalue weighted by atomic mass is 9.73. The molecule has 6 nitrogen and oxygen atoms in total. The number of hydrogen-bond acceptors (Lipinski definition) is 5. The minimum atomic E-state index is -3.90. The molecule has 2 atom stereocenters. The smallest absolute Gasteiger partial charge is 0.243 e. The molecule has 1 spiro atoms. The number of ketones is 1. The third kappa shape index (κ3) is 3.13. The molecule has 164 valence electrons. The van der Waals surface area contributed by atoms with Crippen molar-refractivity contribution in [1.29, 1.82) is 0 Å². The van der Waals surface area contributed by atoms with Crippen LogP contribution in [0.5, 0.6) is 0 Å². The number of anilines is 1. The standard InChI is InChI=1S/C24H22N2O4S2/c1-16-8-10-17(11-9-16)32(29,30)26-13-12-24(18-5-2-3-6-19(18)25-23(24)28)22(26)15-20(27)21-7-4-14-31-21/h2-11,14,22H,12-13,15H2,1H3,(H,25,28)/t22-,24+/m1/s1. The minimum absolute atomic E-state index is 0.0621. The van der Waals surface area contributed by atoms with Gasteiger partial charge in [0.1, 0.15) is 0 Å². The third-order valence-electron chi connectivity index (χ3n) is 6.51. The fourth-order valence-electron chi connectivity index (χ4n) is 4.89. The normalized spacial score (nSPS) is 22.8. The summed E-state index contributed by atoms with van der Waals surface area (Å²) in [7, 11) is -3.90. The predicted molar refractivity (Wildman–Crippen MR) is 123 cm³/mol. The number of benzene rings is 2. The number of carbonyl (C=O) groups is 2.